The van der Waals surface area contributed by atoms with Crippen LogP contribution in [-0.2, 0) is 10.0 Å². The van der Waals surface area contributed by atoms with Crippen LogP contribution in [0, 0.1) is 5.92 Å². The number of sulfonamides is 1. The van der Waals surface area contributed by atoms with Gasteiger partial charge in [0.05, 0.1) is 6.10 Å². The van der Waals surface area contributed by atoms with E-state index in [1.54, 1.807) is 0 Å². The number of nitrogens with one attached hydrogen (secondary N) is 1. The first kappa shape index (κ1) is 15.0. The zero-order valence-corrected chi connectivity index (χ0v) is 11.6. The van der Waals surface area contributed by atoms with E-state index < -0.39 is 32.9 Å². The van der Waals surface area contributed by atoms with Gasteiger partial charge in [0.25, 0.3) is 10.0 Å². The van der Waals surface area contributed by atoms with Crippen LogP contribution in [0.5, 0.6) is 0 Å². The van der Waals surface area contributed by atoms with Crippen molar-refractivity contribution < 1.29 is 27.8 Å². The normalized spacial score (nSPS) is 23.6. The number of rotatable bonds is 5. The Morgan fingerprint density at radius 3 is 2.65 bits per heavy atom. The van der Waals surface area contributed by atoms with E-state index in [-0.39, 0.29) is 12.5 Å². The number of aromatic carboxylic acids is 1. The third-order valence-electron chi connectivity index (χ3n) is 3.46. The zero-order chi connectivity index (χ0) is 14.8. The van der Waals surface area contributed by atoms with Crippen molar-refractivity contribution in [3.05, 3.63) is 17.9 Å². The Kier molecular flexibility index (Phi) is 4.46. The topological polar surface area (TPSA) is 117 Å². The van der Waals surface area contributed by atoms with Crippen molar-refractivity contribution in [2.75, 3.05) is 6.54 Å². The first-order valence-corrected chi connectivity index (χ1v) is 7.89. The van der Waals surface area contributed by atoms with Gasteiger partial charge in [0, 0.05) is 6.54 Å². The van der Waals surface area contributed by atoms with E-state index in [0.717, 1.165) is 31.4 Å². The summed E-state index contributed by atoms with van der Waals surface area (Å²) in [5.41, 5.74) is 0. The van der Waals surface area contributed by atoms with E-state index in [9.17, 15) is 18.3 Å². The molecular weight excluding hydrogens is 286 g/mol. The second-order valence-electron chi connectivity index (χ2n) is 4.89. The smallest absolute Gasteiger partial charge is 0.371 e. The van der Waals surface area contributed by atoms with Crippen LogP contribution >= 0.6 is 0 Å². The van der Waals surface area contributed by atoms with Crippen LogP contribution in [0.4, 0.5) is 0 Å². The molecule has 1 saturated carbocycles. The molecule has 8 heteroatoms. The SMILES string of the molecule is O=C(O)c1ccc(S(=O)(=O)NCC2CCCCC2O)o1. The van der Waals surface area contributed by atoms with E-state index in [0.29, 0.717) is 6.42 Å². The molecular formula is C12H17NO6S. The van der Waals surface area contributed by atoms with E-state index in [4.69, 9.17) is 9.52 Å². The average Bonchev–Trinajstić information content (AvgIpc) is 2.88. The van der Waals surface area contributed by atoms with E-state index in [2.05, 4.69) is 4.72 Å². The van der Waals surface area contributed by atoms with Crippen molar-refractivity contribution in [2.24, 2.45) is 5.92 Å². The molecule has 3 N–H and O–H groups in total. The minimum Gasteiger partial charge on any atom is -0.475 e. The molecule has 1 aromatic heterocycles. The van der Waals surface area contributed by atoms with Crippen molar-refractivity contribution in [3.8, 4) is 0 Å². The Labute approximate surface area is 116 Å². The third kappa shape index (κ3) is 3.38. The van der Waals surface area contributed by atoms with E-state index >= 15 is 0 Å². The number of hydrogen-bond donors (Lipinski definition) is 3. The largest absolute Gasteiger partial charge is 0.475 e. The fourth-order valence-electron chi connectivity index (χ4n) is 2.29. The molecule has 1 fully saturated rings. The van der Waals surface area contributed by atoms with Gasteiger partial charge in [-0.15, -0.1) is 0 Å². The highest BCUT2D eigenvalue weighted by molar-refractivity contribution is 7.89. The predicted molar refractivity (Wildman–Crippen MR) is 68.8 cm³/mol. The molecule has 1 heterocycles. The van der Waals surface area contributed by atoms with Gasteiger partial charge in [0.15, 0.2) is 0 Å². The summed E-state index contributed by atoms with van der Waals surface area (Å²) in [6.07, 6.45) is 2.86. The molecule has 0 aromatic carbocycles. The molecule has 0 aliphatic heterocycles. The van der Waals surface area contributed by atoms with Crippen LogP contribution in [0.1, 0.15) is 36.2 Å². The Hall–Kier alpha value is -1.38. The number of aliphatic hydroxyl groups is 1. The van der Waals surface area contributed by atoms with Gasteiger partial charge >= 0.3 is 5.97 Å². The molecule has 1 aliphatic rings. The monoisotopic (exact) mass is 303 g/mol. The minimum atomic E-state index is -3.89. The summed E-state index contributed by atoms with van der Waals surface area (Å²) in [7, 11) is -3.89. The highest BCUT2D eigenvalue weighted by Crippen LogP contribution is 2.24. The van der Waals surface area contributed by atoms with E-state index in [1.807, 2.05) is 0 Å². The van der Waals surface area contributed by atoms with Gasteiger partial charge in [0.1, 0.15) is 0 Å². The zero-order valence-electron chi connectivity index (χ0n) is 10.8. The Bertz CT molecular complexity index is 579. The van der Waals surface area contributed by atoms with Crippen molar-refractivity contribution >= 4 is 16.0 Å². The maximum atomic E-state index is 11.9. The number of aliphatic hydroxyl groups excluding tert-OH is 1. The number of carboxylic acids is 1. The van der Waals surface area contributed by atoms with Gasteiger partial charge < -0.3 is 14.6 Å². The first-order chi connectivity index (χ1) is 9.40. The van der Waals surface area contributed by atoms with Crippen LogP contribution < -0.4 is 4.72 Å². The molecule has 1 aromatic rings. The predicted octanol–water partition coefficient (Wildman–Crippen LogP) is 0.807. The van der Waals surface area contributed by atoms with Gasteiger partial charge in [-0.1, -0.05) is 12.8 Å². The summed E-state index contributed by atoms with van der Waals surface area (Å²) in [6, 6.07) is 2.19. The second-order valence-corrected chi connectivity index (χ2v) is 6.59. The highest BCUT2D eigenvalue weighted by atomic mass is 32.2. The van der Waals surface area contributed by atoms with Crippen LogP contribution in [0.3, 0.4) is 0 Å². The molecule has 20 heavy (non-hydrogen) atoms. The molecule has 0 radical (unpaired) electrons. The number of carbonyl (C=O) groups is 1. The van der Waals surface area contributed by atoms with Crippen LogP contribution in [0.25, 0.3) is 0 Å². The summed E-state index contributed by atoms with van der Waals surface area (Å²) in [6.45, 7) is 0.118. The lowest BCUT2D eigenvalue weighted by atomic mass is 9.87. The summed E-state index contributed by atoms with van der Waals surface area (Å²) in [5.74, 6) is -1.87. The van der Waals surface area contributed by atoms with Gasteiger partial charge in [-0.3, -0.25) is 0 Å². The van der Waals surface area contributed by atoms with Crippen molar-refractivity contribution in [1.82, 2.24) is 4.72 Å². The quantitative estimate of drug-likeness (QED) is 0.741. The van der Waals surface area contributed by atoms with Gasteiger partial charge in [-0.2, -0.15) is 0 Å². The van der Waals surface area contributed by atoms with Crippen molar-refractivity contribution in [3.63, 3.8) is 0 Å². The lowest BCUT2D eigenvalue weighted by Gasteiger charge is -2.27. The molecule has 2 unspecified atom stereocenters. The first-order valence-electron chi connectivity index (χ1n) is 6.41. The fourth-order valence-corrected chi connectivity index (χ4v) is 3.32. The molecule has 0 amide bonds. The third-order valence-corrected chi connectivity index (χ3v) is 4.76. The Morgan fingerprint density at radius 1 is 1.35 bits per heavy atom. The highest BCUT2D eigenvalue weighted by Gasteiger charge is 2.26. The molecule has 112 valence electrons. The van der Waals surface area contributed by atoms with E-state index in [1.165, 1.54) is 0 Å². The molecule has 1 aliphatic carbocycles. The Balaban J connectivity index is 2.01. The second kappa shape index (κ2) is 5.94. The van der Waals surface area contributed by atoms with Gasteiger partial charge in [-0.25, -0.2) is 17.9 Å². The average molecular weight is 303 g/mol. The summed E-state index contributed by atoms with van der Waals surface area (Å²) < 4.78 is 31.0. The maximum Gasteiger partial charge on any atom is 0.371 e. The summed E-state index contributed by atoms with van der Waals surface area (Å²) in [4.78, 5) is 10.6. The molecule has 0 spiro atoms. The fraction of sp³-hybridized carbons (Fsp3) is 0.583. The van der Waals surface area contributed by atoms with Crippen molar-refractivity contribution in [1.29, 1.82) is 0 Å². The number of carboxylic acid groups (broad SMARTS) is 1. The lowest BCUT2D eigenvalue weighted by molar-refractivity contribution is 0.0656. The van der Waals surface area contributed by atoms with Gasteiger partial charge in [-0.05, 0) is 30.9 Å². The van der Waals surface area contributed by atoms with Gasteiger partial charge in [0.2, 0.25) is 10.9 Å². The van der Waals surface area contributed by atoms with Crippen LogP contribution in [0.15, 0.2) is 21.6 Å². The molecule has 7 nitrogen and oxygen atoms in total. The minimum absolute atomic E-state index is 0.118. The molecule has 2 rings (SSSR count). The van der Waals surface area contributed by atoms with Crippen molar-refractivity contribution in [2.45, 2.75) is 36.9 Å². The Morgan fingerprint density at radius 2 is 2.05 bits per heavy atom. The molecule has 0 bridgehead atoms. The number of furan rings is 1. The molecule has 0 saturated heterocycles. The van der Waals surface area contributed by atoms with Crippen LogP contribution in [-0.4, -0.2) is 37.2 Å². The standard InChI is InChI=1S/C12H17NO6S/c14-9-4-2-1-3-8(9)7-13-20(17,18)11-6-5-10(19-11)12(15)16/h5-6,8-9,13-14H,1-4,7H2,(H,15,16). The molecule has 2 atom stereocenters. The van der Waals surface area contributed by atoms with Crippen LogP contribution in [0.2, 0.25) is 0 Å². The summed E-state index contributed by atoms with van der Waals surface area (Å²) in [5, 5.41) is 18.0. The summed E-state index contributed by atoms with van der Waals surface area (Å²) >= 11 is 0. The lowest BCUT2D eigenvalue weighted by Crippen LogP contribution is -2.36. The number of hydrogen-bond acceptors (Lipinski definition) is 5. The maximum absolute atomic E-state index is 11.9.